The van der Waals surface area contributed by atoms with Crippen molar-refractivity contribution in [1.82, 2.24) is 21.3 Å². The smallest absolute Gasteiger partial charge is 0.305 e. The summed E-state index contributed by atoms with van der Waals surface area (Å²) in [5.41, 5.74) is 1.15. The number of carboxylic acid groups (broad SMARTS) is 2. The van der Waals surface area contributed by atoms with Crippen LogP contribution in [0, 0.1) is 5.92 Å². The summed E-state index contributed by atoms with van der Waals surface area (Å²) in [7, 11) is 0. The Morgan fingerprint density at radius 1 is 0.702 bits per heavy atom. The number of aryl methyl sites for hydroxylation is 1. The summed E-state index contributed by atoms with van der Waals surface area (Å²) in [5.74, 6) is -6.92. The minimum atomic E-state index is -1.54. The molecule has 2 aromatic rings. The van der Waals surface area contributed by atoms with E-state index in [9.17, 15) is 43.8 Å². The maximum absolute atomic E-state index is 13.2. The number of hydrogen-bond acceptors (Lipinski definition) is 7. The molecule has 0 aliphatic carbocycles. The summed E-state index contributed by atoms with van der Waals surface area (Å²) in [6, 6.07) is 8.70. The number of benzene rings is 2. The van der Waals surface area contributed by atoms with Gasteiger partial charge in [-0.1, -0.05) is 76.0 Å². The van der Waals surface area contributed by atoms with Crippen molar-refractivity contribution in [2.45, 2.75) is 77.0 Å². The van der Waals surface area contributed by atoms with E-state index in [4.69, 9.17) is 0 Å². The summed E-state index contributed by atoms with van der Waals surface area (Å²) in [6.07, 6.45) is -0.355. The number of Topliss-reactive ketones (excluding diaryl/α,β-unsaturated/α-hetero) is 1. The van der Waals surface area contributed by atoms with E-state index in [2.05, 4.69) is 53.1 Å². The van der Waals surface area contributed by atoms with Gasteiger partial charge in [-0.2, -0.15) is 0 Å². The number of aliphatic carboxylic acids is 2. The van der Waals surface area contributed by atoms with Gasteiger partial charge in [0.1, 0.15) is 18.1 Å². The molecule has 15 heteroatoms. The Labute approximate surface area is 288 Å². The quantitative estimate of drug-likeness (QED) is 0.131. The molecule has 0 saturated carbocycles. The molecule has 13 nitrogen and oxygen atoms in total. The van der Waals surface area contributed by atoms with Gasteiger partial charge in [-0.25, -0.2) is 0 Å². The summed E-state index contributed by atoms with van der Waals surface area (Å²) < 4.78 is 1.12. The third kappa shape index (κ3) is 13.6. The average molecular weight is 782 g/mol. The van der Waals surface area contributed by atoms with Gasteiger partial charge in [0, 0.05) is 20.9 Å². The van der Waals surface area contributed by atoms with Crippen LogP contribution in [0.25, 0.3) is 0 Å². The first kappa shape index (κ1) is 39.1. The molecule has 4 atom stereocenters. The van der Waals surface area contributed by atoms with Gasteiger partial charge < -0.3 is 31.5 Å². The number of carbonyl (C=O) groups excluding carboxylic acids is 5. The van der Waals surface area contributed by atoms with E-state index in [0.717, 1.165) is 5.56 Å². The fraction of sp³-hybridized carbons (Fsp3) is 0.406. The topological polar surface area (TPSA) is 208 Å². The second-order valence-corrected chi connectivity index (χ2v) is 13.0. The summed E-state index contributed by atoms with van der Waals surface area (Å²) in [5, 5.41) is 28.4. The number of ketones is 1. The van der Waals surface area contributed by atoms with Crippen LogP contribution in [0.4, 0.5) is 0 Å². The number of carbonyl (C=O) groups is 7. The van der Waals surface area contributed by atoms with E-state index in [1.165, 1.54) is 19.1 Å². The Kier molecular flexibility index (Phi) is 15.7. The molecule has 0 heterocycles. The highest BCUT2D eigenvalue weighted by molar-refractivity contribution is 9.11. The molecule has 47 heavy (non-hydrogen) atoms. The number of rotatable bonds is 18. The predicted octanol–water partition coefficient (Wildman–Crippen LogP) is 2.98. The normalized spacial score (nSPS) is 13.4. The highest BCUT2D eigenvalue weighted by Gasteiger charge is 2.32. The van der Waals surface area contributed by atoms with Gasteiger partial charge in [-0.15, -0.1) is 0 Å². The molecule has 0 saturated heterocycles. The van der Waals surface area contributed by atoms with E-state index < -0.39 is 84.3 Å². The van der Waals surface area contributed by atoms with Gasteiger partial charge in [0.15, 0.2) is 5.78 Å². The van der Waals surface area contributed by atoms with Gasteiger partial charge >= 0.3 is 11.9 Å². The lowest BCUT2D eigenvalue weighted by molar-refractivity contribution is -0.141. The molecule has 0 aromatic heterocycles. The molecule has 0 radical (unpaired) electrons. The van der Waals surface area contributed by atoms with Crippen LogP contribution >= 0.6 is 31.9 Å². The van der Waals surface area contributed by atoms with Crippen LogP contribution in [0.5, 0.6) is 0 Å². The molecule has 0 bridgehead atoms. The molecular formula is C32H38Br2N4O9. The Morgan fingerprint density at radius 2 is 1.28 bits per heavy atom. The SMILES string of the molecule is CC(NC(=O)C(CC(=O)O)NC(=O)c1cc(Br)cc(Br)c1)C(=O)NC(C(=O)NC(CC(=O)O)C(=O)CCCc1ccccc1)C(C)C. The van der Waals surface area contributed by atoms with Gasteiger partial charge in [0.2, 0.25) is 17.7 Å². The number of halogens is 2. The Hall–Kier alpha value is -4.11. The monoisotopic (exact) mass is 780 g/mol. The van der Waals surface area contributed by atoms with Gasteiger partial charge in [0.25, 0.3) is 5.91 Å². The number of nitrogens with one attached hydrogen (secondary N) is 4. The van der Waals surface area contributed by atoms with Gasteiger partial charge in [-0.05, 0) is 49.4 Å². The largest absolute Gasteiger partial charge is 0.481 e. The Bertz CT molecular complexity index is 1450. The van der Waals surface area contributed by atoms with Crippen molar-refractivity contribution >= 4 is 73.2 Å². The van der Waals surface area contributed by atoms with Crippen molar-refractivity contribution in [2.24, 2.45) is 5.92 Å². The zero-order chi connectivity index (χ0) is 35.3. The molecule has 0 fully saturated rings. The number of hydrogen-bond donors (Lipinski definition) is 6. The highest BCUT2D eigenvalue weighted by atomic mass is 79.9. The third-order valence-electron chi connectivity index (χ3n) is 6.94. The zero-order valence-electron chi connectivity index (χ0n) is 26.0. The second kappa shape index (κ2) is 18.9. The molecule has 0 spiro atoms. The predicted molar refractivity (Wildman–Crippen MR) is 178 cm³/mol. The van der Waals surface area contributed by atoms with Crippen molar-refractivity contribution in [1.29, 1.82) is 0 Å². The molecule has 6 N–H and O–H groups in total. The molecule has 4 unspecified atom stereocenters. The molecule has 0 aliphatic rings. The third-order valence-corrected chi connectivity index (χ3v) is 7.86. The van der Waals surface area contributed by atoms with Crippen molar-refractivity contribution in [3.8, 4) is 0 Å². The van der Waals surface area contributed by atoms with E-state index in [1.54, 1.807) is 19.9 Å². The summed E-state index contributed by atoms with van der Waals surface area (Å²) in [4.78, 5) is 87.9. The lowest BCUT2D eigenvalue weighted by Gasteiger charge is -2.26. The first-order chi connectivity index (χ1) is 22.1. The Morgan fingerprint density at radius 3 is 1.83 bits per heavy atom. The van der Waals surface area contributed by atoms with Crippen LogP contribution in [-0.2, 0) is 35.2 Å². The minimum absolute atomic E-state index is 0.0295. The summed E-state index contributed by atoms with van der Waals surface area (Å²) >= 11 is 6.51. The standard InChI is InChI=1S/C32H38Br2N4O9/c1-17(2)28(32(47)36-23(15-26(40)41)25(39)11-7-10-19-8-5-4-6-9-19)38-29(44)18(3)35-31(46)24(16-27(42)43)37-30(45)20-12-21(33)14-22(34)13-20/h4-6,8-9,12-14,17-18,23-24,28H,7,10-11,15-16H2,1-3H3,(H,35,46)(H,36,47)(H,37,45)(H,38,44)(H,40,41)(H,42,43). The first-order valence-electron chi connectivity index (χ1n) is 14.8. The fourth-order valence-corrected chi connectivity index (χ4v) is 5.76. The van der Waals surface area contributed by atoms with E-state index in [1.807, 2.05) is 30.3 Å². The highest BCUT2D eigenvalue weighted by Crippen LogP contribution is 2.20. The number of amides is 4. The molecule has 254 valence electrons. The van der Waals surface area contributed by atoms with Crippen LogP contribution in [0.15, 0.2) is 57.5 Å². The van der Waals surface area contributed by atoms with E-state index in [-0.39, 0.29) is 12.0 Å². The number of carboxylic acids is 2. The van der Waals surface area contributed by atoms with E-state index >= 15 is 0 Å². The molecular weight excluding hydrogens is 744 g/mol. The van der Waals surface area contributed by atoms with Crippen LogP contribution in [-0.4, -0.2) is 75.7 Å². The minimum Gasteiger partial charge on any atom is -0.481 e. The molecule has 0 aliphatic heterocycles. The first-order valence-corrected chi connectivity index (χ1v) is 16.3. The average Bonchev–Trinajstić information content (AvgIpc) is 2.98. The van der Waals surface area contributed by atoms with Crippen molar-refractivity contribution < 1.29 is 43.8 Å². The maximum Gasteiger partial charge on any atom is 0.305 e. The van der Waals surface area contributed by atoms with Crippen LogP contribution in [0.1, 0.15) is 62.4 Å². The van der Waals surface area contributed by atoms with Crippen LogP contribution in [0.2, 0.25) is 0 Å². The maximum atomic E-state index is 13.2. The van der Waals surface area contributed by atoms with Gasteiger partial charge in [0.05, 0.1) is 18.9 Å². The van der Waals surface area contributed by atoms with Gasteiger partial charge in [-0.3, -0.25) is 33.6 Å². The second-order valence-electron chi connectivity index (χ2n) is 11.2. The van der Waals surface area contributed by atoms with Crippen LogP contribution in [0.3, 0.4) is 0 Å². The lowest BCUT2D eigenvalue weighted by Crippen LogP contribution is -2.58. The molecule has 4 amide bonds. The Balaban J connectivity index is 2.06. The van der Waals surface area contributed by atoms with E-state index in [0.29, 0.717) is 21.8 Å². The molecule has 2 rings (SSSR count). The molecule has 2 aromatic carbocycles. The fourth-order valence-electron chi connectivity index (χ4n) is 4.47. The van der Waals surface area contributed by atoms with Crippen molar-refractivity contribution in [2.75, 3.05) is 0 Å². The van der Waals surface area contributed by atoms with Crippen molar-refractivity contribution in [3.05, 3.63) is 68.6 Å². The van der Waals surface area contributed by atoms with Crippen molar-refractivity contribution in [3.63, 3.8) is 0 Å². The zero-order valence-corrected chi connectivity index (χ0v) is 29.2. The van der Waals surface area contributed by atoms with Crippen LogP contribution < -0.4 is 21.3 Å². The lowest BCUT2D eigenvalue weighted by atomic mass is 9.99. The summed E-state index contributed by atoms with van der Waals surface area (Å²) in [6.45, 7) is 4.55.